The lowest BCUT2D eigenvalue weighted by atomic mass is 9.95. The first kappa shape index (κ1) is 20.5. The summed E-state index contributed by atoms with van der Waals surface area (Å²) in [6.45, 7) is 2.57. The maximum absolute atomic E-state index is 11.0. The minimum Gasteiger partial charge on any atom is -0.493 e. The van der Waals surface area contributed by atoms with Crippen LogP contribution in [0.15, 0.2) is 46.9 Å². The molecule has 0 fully saturated rings. The van der Waals surface area contributed by atoms with Gasteiger partial charge in [0.25, 0.3) is 0 Å². The van der Waals surface area contributed by atoms with Crippen molar-refractivity contribution in [2.45, 2.75) is 32.5 Å². The number of hydrogen-bond acceptors (Lipinski definition) is 4. The van der Waals surface area contributed by atoms with E-state index in [1.54, 1.807) is 14.2 Å². The van der Waals surface area contributed by atoms with Gasteiger partial charge in [-0.3, -0.25) is 0 Å². The van der Waals surface area contributed by atoms with Crippen LogP contribution >= 0.6 is 15.9 Å². The molecule has 0 heterocycles. The van der Waals surface area contributed by atoms with Crippen molar-refractivity contribution in [1.29, 1.82) is 0 Å². The predicted octanol–water partition coefficient (Wildman–Crippen LogP) is 4.82. The van der Waals surface area contributed by atoms with Crippen LogP contribution in [0.4, 0.5) is 0 Å². The third-order valence-corrected chi connectivity index (χ3v) is 4.65. The van der Waals surface area contributed by atoms with Gasteiger partial charge >= 0.3 is 0 Å². The fourth-order valence-electron chi connectivity index (χ4n) is 2.91. The van der Waals surface area contributed by atoms with Crippen LogP contribution in [0.2, 0.25) is 0 Å². The first-order chi connectivity index (χ1) is 12.6. The lowest BCUT2D eigenvalue weighted by molar-refractivity contribution is -0.117. The average Bonchev–Trinajstić information content (AvgIpc) is 2.65. The zero-order valence-corrected chi connectivity index (χ0v) is 17.0. The van der Waals surface area contributed by atoms with Gasteiger partial charge in [0.2, 0.25) is 0 Å². The third-order valence-electron chi connectivity index (χ3n) is 4.20. The molecule has 2 atom stereocenters. The number of hydrogen-bond donors (Lipinski definition) is 0. The van der Waals surface area contributed by atoms with Crippen LogP contribution in [-0.4, -0.2) is 26.6 Å². The molecule has 0 radical (unpaired) electrons. The second-order valence-corrected chi connectivity index (χ2v) is 7.24. The third kappa shape index (κ3) is 5.85. The second kappa shape index (κ2) is 10.3. The zero-order valence-electron chi connectivity index (χ0n) is 15.4. The molecule has 2 rings (SSSR count). The van der Waals surface area contributed by atoms with Crippen LogP contribution in [0.3, 0.4) is 0 Å². The molecule has 0 N–H and O–H groups in total. The Bertz CT molecular complexity index is 703. The Morgan fingerprint density at radius 3 is 2.50 bits per heavy atom. The summed E-state index contributed by atoms with van der Waals surface area (Å²) in [6, 6.07) is 14.0. The molecule has 0 spiro atoms. The fourth-order valence-corrected chi connectivity index (χ4v) is 3.40. The largest absolute Gasteiger partial charge is 0.493 e. The van der Waals surface area contributed by atoms with E-state index in [1.807, 2.05) is 42.5 Å². The monoisotopic (exact) mass is 420 g/mol. The summed E-state index contributed by atoms with van der Waals surface area (Å²) < 4.78 is 17.7. The molecule has 0 aliphatic carbocycles. The molecule has 0 aliphatic rings. The van der Waals surface area contributed by atoms with Gasteiger partial charge in [-0.1, -0.05) is 53.2 Å². The maximum Gasteiger partial charge on any atom is 0.164 e. The van der Waals surface area contributed by atoms with Gasteiger partial charge in [-0.05, 0) is 42.0 Å². The van der Waals surface area contributed by atoms with Crippen molar-refractivity contribution in [3.05, 3.63) is 58.1 Å². The molecule has 0 aliphatic heterocycles. The van der Waals surface area contributed by atoms with Crippen LogP contribution in [-0.2, 0) is 22.6 Å². The predicted molar refractivity (Wildman–Crippen MR) is 106 cm³/mol. The Balaban J connectivity index is 2.16. The molecule has 0 unspecified atom stereocenters. The fraction of sp³-hybridized carbons (Fsp3) is 0.381. The van der Waals surface area contributed by atoms with E-state index < -0.39 is 0 Å². The van der Waals surface area contributed by atoms with Crippen LogP contribution in [0.1, 0.15) is 24.5 Å². The van der Waals surface area contributed by atoms with Crippen molar-refractivity contribution in [3.8, 4) is 11.5 Å². The molecular formula is C21H25BrO4. The molecule has 0 bridgehead atoms. The summed E-state index contributed by atoms with van der Waals surface area (Å²) >= 11 is 3.55. The minimum absolute atomic E-state index is 0.260. The molecule has 5 heteroatoms. The second-order valence-electron chi connectivity index (χ2n) is 6.33. The molecule has 140 valence electrons. The molecular weight excluding hydrogens is 396 g/mol. The molecule has 0 amide bonds. The number of benzene rings is 2. The zero-order chi connectivity index (χ0) is 18.9. The summed E-state index contributed by atoms with van der Waals surface area (Å²) in [5, 5.41) is 0. The van der Waals surface area contributed by atoms with Crippen LogP contribution in [0.5, 0.6) is 11.5 Å². The van der Waals surface area contributed by atoms with E-state index in [4.69, 9.17) is 14.2 Å². The lowest BCUT2D eigenvalue weighted by Gasteiger charge is -2.19. The molecule has 2 aromatic rings. The number of carbonyl (C=O) groups is 1. The van der Waals surface area contributed by atoms with E-state index in [0.29, 0.717) is 18.8 Å². The highest BCUT2D eigenvalue weighted by atomic mass is 79.9. The van der Waals surface area contributed by atoms with Gasteiger partial charge in [0.15, 0.2) is 11.5 Å². The number of methoxy groups -OCH3 is 2. The minimum atomic E-state index is -0.378. The van der Waals surface area contributed by atoms with Crippen LogP contribution < -0.4 is 9.47 Å². The van der Waals surface area contributed by atoms with Gasteiger partial charge in [0.05, 0.1) is 7.11 Å². The maximum atomic E-state index is 11.0. The van der Waals surface area contributed by atoms with E-state index in [1.165, 1.54) is 0 Å². The van der Waals surface area contributed by atoms with Gasteiger partial charge in [-0.25, -0.2) is 0 Å². The standard InChI is InChI=1S/C21H25BrO4/c1-15(10-19(13-23)24-2)9-17-11-18(22)12-20(21(17)25-3)26-14-16-7-5-4-6-8-16/h4-8,11-13,15,19H,9-10,14H2,1-3H3/t15-,19+/m1/s1. The summed E-state index contributed by atoms with van der Waals surface area (Å²) in [6.07, 6.45) is 1.90. The summed E-state index contributed by atoms with van der Waals surface area (Å²) in [5.41, 5.74) is 2.14. The van der Waals surface area contributed by atoms with Gasteiger partial charge in [0, 0.05) is 11.6 Å². The number of aldehydes is 1. The van der Waals surface area contributed by atoms with E-state index in [9.17, 15) is 4.79 Å². The van der Waals surface area contributed by atoms with Crippen molar-refractivity contribution < 1.29 is 19.0 Å². The van der Waals surface area contributed by atoms with E-state index in [-0.39, 0.29) is 12.0 Å². The van der Waals surface area contributed by atoms with Crippen molar-refractivity contribution in [1.82, 2.24) is 0 Å². The normalized spacial score (nSPS) is 13.1. The first-order valence-electron chi connectivity index (χ1n) is 8.58. The van der Waals surface area contributed by atoms with Crippen molar-refractivity contribution in [3.63, 3.8) is 0 Å². The van der Waals surface area contributed by atoms with E-state index >= 15 is 0 Å². The van der Waals surface area contributed by atoms with Crippen LogP contribution in [0.25, 0.3) is 0 Å². The Kier molecular flexibility index (Phi) is 8.13. The average molecular weight is 421 g/mol. The molecule has 2 aromatic carbocycles. The molecule has 4 nitrogen and oxygen atoms in total. The van der Waals surface area contributed by atoms with Gasteiger partial charge < -0.3 is 19.0 Å². The summed E-state index contributed by atoms with van der Waals surface area (Å²) in [5.74, 6) is 1.69. The molecule has 26 heavy (non-hydrogen) atoms. The Hall–Kier alpha value is -1.85. The summed E-state index contributed by atoms with van der Waals surface area (Å²) in [4.78, 5) is 11.0. The highest BCUT2D eigenvalue weighted by Gasteiger charge is 2.18. The van der Waals surface area contributed by atoms with Gasteiger partial charge in [-0.15, -0.1) is 0 Å². The van der Waals surface area contributed by atoms with Crippen LogP contribution in [0, 0.1) is 5.92 Å². The Morgan fingerprint density at radius 2 is 1.88 bits per heavy atom. The topological polar surface area (TPSA) is 44.8 Å². The number of rotatable bonds is 10. The molecule has 0 aromatic heterocycles. The quantitative estimate of drug-likeness (QED) is 0.516. The van der Waals surface area contributed by atoms with Crippen molar-refractivity contribution in [2.75, 3.05) is 14.2 Å². The number of carbonyl (C=O) groups excluding carboxylic acids is 1. The highest BCUT2D eigenvalue weighted by Crippen LogP contribution is 2.37. The Morgan fingerprint density at radius 1 is 1.15 bits per heavy atom. The van der Waals surface area contributed by atoms with E-state index in [2.05, 4.69) is 22.9 Å². The molecule has 0 saturated carbocycles. The number of ether oxygens (including phenoxy) is 3. The first-order valence-corrected chi connectivity index (χ1v) is 9.37. The van der Waals surface area contributed by atoms with Crippen molar-refractivity contribution in [2.24, 2.45) is 5.92 Å². The Labute approximate surface area is 163 Å². The van der Waals surface area contributed by atoms with E-state index in [0.717, 1.165) is 34.1 Å². The molecule has 0 saturated heterocycles. The van der Waals surface area contributed by atoms with Crippen molar-refractivity contribution >= 4 is 22.2 Å². The smallest absolute Gasteiger partial charge is 0.164 e. The highest BCUT2D eigenvalue weighted by molar-refractivity contribution is 9.10. The SMILES string of the molecule is COc1c(C[C@@H](C)C[C@@H](C=O)OC)cc(Br)cc1OCc1ccccc1. The lowest BCUT2D eigenvalue weighted by Crippen LogP contribution is -2.17. The van der Waals surface area contributed by atoms with Gasteiger partial charge in [-0.2, -0.15) is 0 Å². The summed E-state index contributed by atoms with van der Waals surface area (Å²) in [7, 11) is 3.21. The van der Waals surface area contributed by atoms with Gasteiger partial charge in [0.1, 0.15) is 19.0 Å². The number of halogens is 1.